The third kappa shape index (κ3) is 2.43. The van der Waals surface area contributed by atoms with Crippen molar-refractivity contribution in [2.45, 2.75) is 13.8 Å². The molecular formula is C17H11ClN4O2S. The van der Waals surface area contributed by atoms with Crippen LogP contribution in [-0.4, -0.2) is 26.2 Å². The number of carbonyl (C=O) groups is 1. The van der Waals surface area contributed by atoms with Crippen LogP contribution in [0.15, 0.2) is 29.1 Å². The highest BCUT2D eigenvalue weighted by Crippen LogP contribution is 2.40. The first-order chi connectivity index (χ1) is 12.0. The second kappa shape index (κ2) is 5.72. The van der Waals surface area contributed by atoms with E-state index in [2.05, 4.69) is 20.4 Å². The van der Waals surface area contributed by atoms with Gasteiger partial charge in [0.05, 0.1) is 5.69 Å². The van der Waals surface area contributed by atoms with Crippen LogP contribution in [0.25, 0.3) is 31.6 Å². The Morgan fingerprint density at radius 2 is 1.96 bits per heavy atom. The van der Waals surface area contributed by atoms with Crippen LogP contribution in [0, 0.1) is 6.92 Å². The molecule has 124 valence electrons. The van der Waals surface area contributed by atoms with Crippen molar-refractivity contribution < 1.29 is 4.79 Å². The van der Waals surface area contributed by atoms with E-state index in [-0.39, 0.29) is 11.3 Å². The second-order valence-corrected chi connectivity index (χ2v) is 7.05. The minimum Gasteiger partial charge on any atom is -0.294 e. The van der Waals surface area contributed by atoms with Crippen LogP contribution in [0.3, 0.4) is 0 Å². The number of ketones is 1. The van der Waals surface area contributed by atoms with Gasteiger partial charge in [0.2, 0.25) is 0 Å². The Labute approximate surface area is 150 Å². The molecule has 8 heteroatoms. The summed E-state index contributed by atoms with van der Waals surface area (Å²) < 4.78 is 0.438. The number of Topliss-reactive ketones (excluding diaryl/α,β-unsaturated/α-hetero) is 1. The van der Waals surface area contributed by atoms with Crippen molar-refractivity contribution in [3.05, 3.63) is 50.9 Å². The summed E-state index contributed by atoms with van der Waals surface area (Å²) in [4.78, 5) is 29.6. The highest BCUT2D eigenvalue weighted by molar-refractivity contribution is 7.25. The average Bonchev–Trinajstić information content (AvgIpc) is 2.93. The molecule has 0 unspecified atom stereocenters. The van der Waals surface area contributed by atoms with Crippen molar-refractivity contribution in [2.75, 3.05) is 0 Å². The van der Waals surface area contributed by atoms with Gasteiger partial charge in [-0.15, -0.1) is 16.4 Å². The Morgan fingerprint density at radius 1 is 1.24 bits per heavy atom. The number of pyridine rings is 1. The number of carbonyl (C=O) groups excluding carboxylic acids is 1. The van der Waals surface area contributed by atoms with Gasteiger partial charge in [-0.3, -0.25) is 9.59 Å². The van der Waals surface area contributed by atoms with Crippen molar-refractivity contribution in [1.29, 1.82) is 0 Å². The highest BCUT2D eigenvalue weighted by Gasteiger charge is 2.23. The van der Waals surface area contributed by atoms with Gasteiger partial charge >= 0.3 is 0 Å². The standard InChI is InChI=1S/C17H11ClN4O2S/c1-7-11(8(2)23)12(9-3-5-10(18)6-4-9)13-14-15(25-17(13)19-7)16(24)21-22-20-14/h3-6H,1-2H3,(H,20,21,24). The first-order valence-corrected chi connectivity index (χ1v) is 8.62. The number of fused-ring (bicyclic) bond motifs is 3. The van der Waals surface area contributed by atoms with Gasteiger partial charge in [0, 0.05) is 21.5 Å². The Morgan fingerprint density at radius 3 is 2.64 bits per heavy atom. The Balaban J connectivity index is 2.27. The number of thiophene rings is 1. The van der Waals surface area contributed by atoms with E-state index in [1.807, 2.05) is 12.1 Å². The van der Waals surface area contributed by atoms with Crippen LogP contribution in [0.5, 0.6) is 0 Å². The first kappa shape index (κ1) is 15.9. The summed E-state index contributed by atoms with van der Waals surface area (Å²) >= 11 is 7.24. The quantitative estimate of drug-likeness (QED) is 0.543. The number of halogens is 1. The molecule has 3 heterocycles. The molecule has 6 nitrogen and oxygen atoms in total. The third-order valence-corrected chi connectivity index (χ3v) is 5.31. The molecule has 0 aliphatic rings. The van der Waals surface area contributed by atoms with Crippen molar-refractivity contribution >= 4 is 49.2 Å². The van der Waals surface area contributed by atoms with Crippen molar-refractivity contribution in [1.82, 2.24) is 20.4 Å². The molecule has 25 heavy (non-hydrogen) atoms. The zero-order chi connectivity index (χ0) is 17.7. The lowest BCUT2D eigenvalue weighted by Crippen LogP contribution is -2.07. The minimum absolute atomic E-state index is 0.103. The molecule has 0 fully saturated rings. The molecule has 4 rings (SSSR count). The molecule has 1 aromatic carbocycles. The van der Waals surface area contributed by atoms with Crippen LogP contribution in [0.1, 0.15) is 23.0 Å². The second-order valence-electron chi connectivity index (χ2n) is 5.61. The van der Waals surface area contributed by atoms with E-state index in [9.17, 15) is 9.59 Å². The SMILES string of the molecule is CC(=O)c1c(C)nc2sc3c(=O)[nH]nnc3c2c1-c1ccc(Cl)cc1. The van der Waals surface area contributed by atoms with Crippen molar-refractivity contribution in [2.24, 2.45) is 0 Å². The Kier molecular flexibility index (Phi) is 3.63. The number of H-pyrrole nitrogens is 1. The van der Waals surface area contributed by atoms with Gasteiger partial charge in [-0.1, -0.05) is 28.9 Å². The van der Waals surface area contributed by atoms with Gasteiger partial charge in [-0.25, -0.2) is 10.1 Å². The van der Waals surface area contributed by atoms with E-state index in [4.69, 9.17) is 11.6 Å². The monoisotopic (exact) mass is 370 g/mol. The molecule has 0 spiro atoms. The Hall–Kier alpha value is -2.64. The lowest BCUT2D eigenvalue weighted by Gasteiger charge is -2.12. The van der Waals surface area contributed by atoms with Crippen LogP contribution in [0.4, 0.5) is 0 Å². The van der Waals surface area contributed by atoms with Gasteiger partial charge in [0.25, 0.3) is 5.56 Å². The molecule has 1 N–H and O–H groups in total. The number of aromatic nitrogens is 4. The van der Waals surface area contributed by atoms with Gasteiger partial charge in [-0.05, 0) is 31.5 Å². The molecule has 0 radical (unpaired) electrons. The Bertz CT molecular complexity index is 1210. The summed E-state index contributed by atoms with van der Waals surface area (Å²) in [6, 6.07) is 7.20. The first-order valence-electron chi connectivity index (χ1n) is 7.42. The number of aromatic amines is 1. The van der Waals surface area contributed by atoms with E-state index in [0.29, 0.717) is 42.3 Å². The lowest BCUT2D eigenvalue weighted by atomic mass is 9.94. The number of hydrogen-bond donors (Lipinski definition) is 1. The zero-order valence-electron chi connectivity index (χ0n) is 13.3. The maximum atomic E-state index is 12.3. The fraction of sp³-hybridized carbons (Fsp3) is 0.118. The fourth-order valence-corrected chi connectivity index (χ4v) is 4.17. The van der Waals surface area contributed by atoms with Crippen LogP contribution in [0.2, 0.25) is 5.02 Å². The topological polar surface area (TPSA) is 88.6 Å². The van der Waals surface area contributed by atoms with Gasteiger partial charge in [0.15, 0.2) is 5.78 Å². The van der Waals surface area contributed by atoms with E-state index >= 15 is 0 Å². The van der Waals surface area contributed by atoms with E-state index in [1.54, 1.807) is 19.1 Å². The summed E-state index contributed by atoms with van der Waals surface area (Å²) in [6.07, 6.45) is 0. The highest BCUT2D eigenvalue weighted by atomic mass is 35.5. The number of hydrogen-bond acceptors (Lipinski definition) is 6. The molecule has 3 aromatic heterocycles. The summed E-state index contributed by atoms with van der Waals surface area (Å²) in [7, 11) is 0. The molecular weight excluding hydrogens is 360 g/mol. The molecule has 0 aliphatic heterocycles. The number of benzene rings is 1. The number of nitrogens with one attached hydrogen (secondary N) is 1. The summed E-state index contributed by atoms with van der Waals surface area (Å²) in [5.41, 5.74) is 2.77. The predicted octanol–water partition coefficient (Wildman–Crippen LogP) is 3.76. The molecule has 4 aromatic rings. The average molecular weight is 371 g/mol. The van der Waals surface area contributed by atoms with Crippen LogP contribution < -0.4 is 5.56 Å². The molecule has 0 bridgehead atoms. The maximum absolute atomic E-state index is 12.3. The van der Waals surface area contributed by atoms with E-state index in [0.717, 1.165) is 5.56 Å². The summed E-state index contributed by atoms with van der Waals surface area (Å²) in [6.45, 7) is 3.29. The number of rotatable bonds is 2. The predicted molar refractivity (Wildman–Crippen MR) is 98.5 cm³/mol. The van der Waals surface area contributed by atoms with E-state index in [1.165, 1.54) is 18.3 Å². The van der Waals surface area contributed by atoms with Gasteiger partial charge in [0.1, 0.15) is 15.0 Å². The van der Waals surface area contributed by atoms with Crippen molar-refractivity contribution in [3.63, 3.8) is 0 Å². The summed E-state index contributed by atoms with van der Waals surface area (Å²) in [5, 5.41) is 11.4. The zero-order valence-corrected chi connectivity index (χ0v) is 14.8. The minimum atomic E-state index is -0.322. The van der Waals surface area contributed by atoms with Crippen LogP contribution in [-0.2, 0) is 0 Å². The maximum Gasteiger partial charge on any atom is 0.285 e. The molecule has 0 aliphatic carbocycles. The largest absolute Gasteiger partial charge is 0.294 e. The molecule has 0 saturated heterocycles. The van der Waals surface area contributed by atoms with Gasteiger partial charge in [-0.2, -0.15) is 0 Å². The smallest absolute Gasteiger partial charge is 0.285 e. The van der Waals surface area contributed by atoms with E-state index < -0.39 is 0 Å². The normalized spacial score (nSPS) is 11.3. The molecule has 0 atom stereocenters. The third-order valence-electron chi connectivity index (χ3n) is 3.99. The van der Waals surface area contributed by atoms with Crippen LogP contribution >= 0.6 is 22.9 Å². The number of aryl methyl sites for hydroxylation is 1. The fourth-order valence-electron chi connectivity index (χ4n) is 2.99. The lowest BCUT2D eigenvalue weighted by molar-refractivity contribution is 0.101. The summed E-state index contributed by atoms with van der Waals surface area (Å²) in [5.74, 6) is -0.103. The van der Waals surface area contributed by atoms with Crippen molar-refractivity contribution in [3.8, 4) is 11.1 Å². The number of nitrogens with zero attached hydrogens (tertiary/aromatic N) is 3. The van der Waals surface area contributed by atoms with Gasteiger partial charge < -0.3 is 0 Å². The molecule has 0 amide bonds. The molecule has 0 saturated carbocycles.